The summed E-state index contributed by atoms with van der Waals surface area (Å²) in [5.74, 6) is -2.46. The molecular formula is C10H16N2O6. The second kappa shape index (κ2) is 9.11. The third-order valence-electron chi connectivity index (χ3n) is 1.60. The number of carbonyl (C=O) groups is 4. The number of ether oxygens (including phenoxy) is 2. The summed E-state index contributed by atoms with van der Waals surface area (Å²) >= 11 is 0. The van der Waals surface area contributed by atoms with Gasteiger partial charge in [0.15, 0.2) is 0 Å². The lowest BCUT2D eigenvalue weighted by atomic mass is 10.3. The Morgan fingerprint density at radius 3 is 2.06 bits per heavy atom. The van der Waals surface area contributed by atoms with Crippen molar-refractivity contribution in [1.29, 1.82) is 0 Å². The highest BCUT2D eigenvalue weighted by Gasteiger charge is 2.11. The van der Waals surface area contributed by atoms with Crippen LogP contribution >= 0.6 is 0 Å². The fourth-order valence-corrected chi connectivity index (χ4v) is 0.847. The van der Waals surface area contributed by atoms with Crippen molar-refractivity contribution >= 4 is 23.6 Å². The second-order valence-corrected chi connectivity index (χ2v) is 3.34. The molecule has 1 amide bonds. The summed E-state index contributed by atoms with van der Waals surface area (Å²) in [4.78, 5) is 43.5. The van der Waals surface area contributed by atoms with Crippen molar-refractivity contribution in [3.8, 4) is 0 Å². The van der Waals surface area contributed by atoms with Crippen LogP contribution in [0.2, 0.25) is 0 Å². The van der Waals surface area contributed by atoms with E-state index >= 15 is 0 Å². The molecule has 8 nitrogen and oxygen atoms in total. The third-order valence-corrected chi connectivity index (χ3v) is 1.60. The van der Waals surface area contributed by atoms with E-state index in [1.165, 1.54) is 6.92 Å². The molecule has 0 aliphatic rings. The summed E-state index contributed by atoms with van der Waals surface area (Å²) in [5, 5.41) is 5.05. The summed E-state index contributed by atoms with van der Waals surface area (Å²) in [6.45, 7) is 0.864. The number of carbonyl (C=O) groups excluding carboxylic acids is 4. The van der Waals surface area contributed by atoms with Crippen molar-refractivity contribution in [2.45, 2.75) is 19.8 Å². The summed E-state index contributed by atoms with van der Waals surface area (Å²) in [7, 11) is 1.63. The average Bonchev–Trinajstić information content (AvgIpc) is 2.25. The van der Waals surface area contributed by atoms with Gasteiger partial charge in [0, 0.05) is 0 Å². The largest absolute Gasteiger partial charge is 0.428 e. The predicted molar refractivity (Wildman–Crippen MR) is 59.0 cm³/mol. The van der Waals surface area contributed by atoms with E-state index in [1.54, 1.807) is 7.05 Å². The molecule has 0 saturated carbocycles. The molecule has 0 aliphatic heterocycles. The van der Waals surface area contributed by atoms with Crippen molar-refractivity contribution in [1.82, 2.24) is 10.6 Å². The zero-order valence-electron chi connectivity index (χ0n) is 10.3. The van der Waals surface area contributed by atoms with Crippen molar-refractivity contribution in [2.24, 2.45) is 0 Å². The third kappa shape index (κ3) is 9.28. The number of nitrogens with one attached hydrogen (secondary N) is 2. The fraction of sp³-hybridized carbons (Fsp3) is 0.600. The molecule has 18 heavy (non-hydrogen) atoms. The summed E-state index contributed by atoms with van der Waals surface area (Å²) < 4.78 is 8.91. The Kier molecular flexibility index (Phi) is 8.12. The highest BCUT2D eigenvalue weighted by molar-refractivity contribution is 5.95. The molecule has 0 heterocycles. The molecule has 2 N–H and O–H groups in total. The Morgan fingerprint density at radius 2 is 1.56 bits per heavy atom. The first-order chi connectivity index (χ1) is 8.45. The maximum absolute atomic E-state index is 11.1. The van der Waals surface area contributed by atoms with Crippen molar-refractivity contribution in [3.05, 3.63) is 0 Å². The minimum atomic E-state index is -0.820. The maximum atomic E-state index is 11.1. The summed E-state index contributed by atoms with van der Waals surface area (Å²) in [6, 6.07) is 0. The monoisotopic (exact) mass is 260 g/mol. The Hall–Kier alpha value is -1.96. The van der Waals surface area contributed by atoms with Crippen LogP contribution in [-0.4, -0.2) is 44.1 Å². The lowest BCUT2D eigenvalue weighted by molar-refractivity contribution is -0.167. The van der Waals surface area contributed by atoms with Gasteiger partial charge in [-0.15, -0.1) is 0 Å². The van der Waals surface area contributed by atoms with Gasteiger partial charge in [0.05, 0.1) is 6.67 Å². The van der Waals surface area contributed by atoms with Crippen LogP contribution in [0.25, 0.3) is 0 Å². The van der Waals surface area contributed by atoms with Gasteiger partial charge in [-0.1, -0.05) is 0 Å². The lowest BCUT2D eigenvalue weighted by Crippen LogP contribution is -2.33. The van der Waals surface area contributed by atoms with E-state index in [4.69, 9.17) is 0 Å². The Morgan fingerprint density at radius 1 is 1.00 bits per heavy atom. The molecular weight excluding hydrogens is 244 g/mol. The molecule has 0 saturated heterocycles. The van der Waals surface area contributed by atoms with Gasteiger partial charge in [0.1, 0.15) is 18.6 Å². The standard InChI is InChI=1S/C10H16N2O6/c1-7(13)3-9(15)17-6-18-10(16)4-8(14)12-5-11-2/h11H,3-6H2,1-2H3,(H,12,14). The molecule has 0 rings (SSSR count). The van der Waals surface area contributed by atoms with E-state index in [2.05, 4.69) is 20.1 Å². The van der Waals surface area contributed by atoms with E-state index < -0.39 is 31.1 Å². The molecule has 0 aromatic rings. The topological polar surface area (TPSA) is 111 Å². The number of esters is 2. The Bertz CT molecular complexity index is 328. The van der Waals surface area contributed by atoms with Gasteiger partial charge in [-0.05, 0) is 14.0 Å². The number of hydrogen-bond acceptors (Lipinski definition) is 7. The zero-order valence-corrected chi connectivity index (χ0v) is 10.3. The molecule has 0 bridgehead atoms. The number of rotatable bonds is 8. The molecule has 0 aliphatic carbocycles. The van der Waals surface area contributed by atoms with Crippen molar-refractivity contribution in [2.75, 3.05) is 20.5 Å². The van der Waals surface area contributed by atoms with E-state index in [0.717, 1.165) is 0 Å². The fourth-order valence-electron chi connectivity index (χ4n) is 0.847. The van der Waals surface area contributed by atoms with Crippen LogP contribution in [0.5, 0.6) is 0 Å². The molecule has 0 fully saturated rings. The van der Waals surface area contributed by atoms with Gasteiger partial charge in [-0.2, -0.15) is 0 Å². The molecule has 0 atom stereocenters. The first-order valence-corrected chi connectivity index (χ1v) is 5.17. The van der Waals surface area contributed by atoms with Crippen molar-refractivity contribution < 1.29 is 28.7 Å². The normalized spacial score (nSPS) is 9.44. The molecule has 0 spiro atoms. The molecule has 0 unspecified atom stereocenters. The van der Waals surface area contributed by atoms with E-state index in [1.807, 2.05) is 0 Å². The van der Waals surface area contributed by atoms with Crippen LogP contribution in [0.1, 0.15) is 19.8 Å². The minimum absolute atomic E-state index is 0.236. The van der Waals surface area contributed by atoms with Crippen LogP contribution in [0.15, 0.2) is 0 Å². The van der Waals surface area contributed by atoms with E-state index in [-0.39, 0.29) is 18.9 Å². The summed E-state index contributed by atoms with van der Waals surface area (Å²) in [5.41, 5.74) is 0. The van der Waals surface area contributed by atoms with Gasteiger partial charge in [0.25, 0.3) is 0 Å². The molecule has 0 radical (unpaired) electrons. The van der Waals surface area contributed by atoms with Crippen LogP contribution < -0.4 is 10.6 Å². The summed E-state index contributed by atoms with van der Waals surface area (Å²) in [6.07, 6.45) is -0.841. The van der Waals surface area contributed by atoms with Crippen LogP contribution in [0.3, 0.4) is 0 Å². The van der Waals surface area contributed by atoms with Gasteiger partial charge < -0.3 is 20.1 Å². The van der Waals surface area contributed by atoms with E-state index in [9.17, 15) is 19.2 Å². The highest BCUT2D eigenvalue weighted by atomic mass is 16.7. The SMILES string of the molecule is CNCNC(=O)CC(=O)OCOC(=O)CC(C)=O. The zero-order chi connectivity index (χ0) is 14.0. The smallest absolute Gasteiger partial charge is 0.318 e. The highest BCUT2D eigenvalue weighted by Crippen LogP contribution is 1.91. The number of Topliss-reactive ketones (excluding diaryl/α,β-unsaturated/α-hetero) is 1. The molecule has 102 valence electrons. The quantitative estimate of drug-likeness (QED) is 0.317. The van der Waals surface area contributed by atoms with E-state index in [0.29, 0.717) is 0 Å². The van der Waals surface area contributed by atoms with Gasteiger partial charge >= 0.3 is 11.9 Å². The van der Waals surface area contributed by atoms with Crippen LogP contribution in [0.4, 0.5) is 0 Å². The molecule has 0 aromatic heterocycles. The maximum Gasteiger partial charge on any atom is 0.318 e. The number of amides is 1. The predicted octanol–water partition coefficient (Wildman–Crippen LogP) is -1.31. The Balaban J connectivity index is 3.67. The average molecular weight is 260 g/mol. The minimum Gasteiger partial charge on any atom is -0.428 e. The van der Waals surface area contributed by atoms with Crippen LogP contribution in [0, 0.1) is 0 Å². The van der Waals surface area contributed by atoms with Gasteiger partial charge in [0.2, 0.25) is 12.7 Å². The molecule has 0 aromatic carbocycles. The Labute approximate surface area is 104 Å². The molecule has 8 heteroatoms. The first-order valence-electron chi connectivity index (χ1n) is 5.17. The van der Waals surface area contributed by atoms with Crippen LogP contribution in [-0.2, 0) is 28.7 Å². The number of ketones is 1. The number of hydrogen-bond donors (Lipinski definition) is 2. The first kappa shape index (κ1) is 16.0. The lowest BCUT2D eigenvalue weighted by Gasteiger charge is -2.06. The van der Waals surface area contributed by atoms with Crippen molar-refractivity contribution in [3.63, 3.8) is 0 Å². The second-order valence-electron chi connectivity index (χ2n) is 3.34. The van der Waals surface area contributed by atoms with Gasteiger partial charge in [-0.3, -0.25) is 19.2 Å². The van der Waals surface area contributed by atoms with Gasteiger partial charge in [-0.25, -0.2) is 0 Å².